The fourth-order valence-electron chi connectivity index (χ4n) is 1.92. The van der Waals surface area contributed by atoms with E-state index in [4.69, 9.17) is 13.3 Å². The highest BCUT2D eigenvalue weighted by atomic mass is 27.2. The fourth-order valence-corrected chi connectivity index (χ4v) is 4.26. The largest absolute Gasteiger partial charge is 0.500 e. The van der Waals surface area contributed by atoms with Gasteiger partial charge in [0.15, 0.2) is 0 Å². The summed E-state index contributed by atoms with van der Waals surface area (Å²) in [5.41, 5.74) is 0. The molecular formula is C16H27AlO7. The van der Waals surface area contributed by atoms with Crippen molar-refractivity contribution in [3.63, 3.8) is 0 Å². The molecule has 8 heteroatoms. The molecule has 7 nitrogen and oxygen atoms in total. The molecule has 0 N–H and O–H groups in total. The molecule has 0 aromatic rings. The molecule has 0 saturated heterocycles. The molecule has 0 unspecified atom stereocenters. The second-order valence-electron chi connectivity index (χ2n) is 5.80. The van der Waals surface area contributed by atoms with E-state index in [1.165, 1.54) is 0 Å². The van der Waals surface area contributed by atoms with Gasteiger partial charge in [0, 0.05) is 6.61 Å². The molecule has 0 spiro atoms. The predicted octanol–water partition coefficient (Wildman–Crippen LogP) is 1.70. The van der Waals surface area contributed by atoms with Gasteiger partial charge in [-0.3, -0.25) is 9.59 Å². The molecule has 0 aromatic heterocycles. The van der Waals surface area contributed by atoms with Crippen LogP contribution >= 0.6 is 0 Å². The van der Waals surface area contributed by atoms with Gasteiger partial charge in [-0.25, -0.2) is 0 Å². The number of rotatable bonds is 13. The van der Waals surface area contributed by atoms with Crippen molar-refractivity contribution in [2.24, 2.45) is 5.92 Å². The SMILES string of the molecule is CCOC(=O)CC(=O)[CH2][Al]([CH2]C(=O)CC(=O)OCC)[O]CC(C)C. The molecule has 0 rings (SSSR count). The first-order chi connectivity index (χ1) is 11.3. The van der Waals surface area contributed by atoms with Gasteiger partial charge in [0.1, 0.15) is 24.4 Å². The molecule has 24 heavy (non-hydrogen) atoms. The van der Waals surface area contributed by atoms with Gasteiger partial charge in [0.2, 0.25) is 0 Å². The maximum absolute atomic E-state index is 11.9. The summed E-state index contributed by atoms with van der Waals surface area (Å²) in [6.45, 7) is 8.14. The lowest BCUT2D eigenvalue weighted by atomic mass is 10.2. The Balaban J connectivity index is 4.55. The molecule has 0 aliphatic rings. The first-order valence-electron chi connectivity index (χ1n) is 8.24. The lowest BCUT2D eigenvalue weighted by Crippen LogP contribution is -2.28. The van der Waals surface area contributed by atoms with Gasteiger partial charge >= 0.3 is 26.4 Å². The van der Waals surface area contributed by atoms with Crippen LogP contribution in [0.2, 0.25) is 10.6 Å². The first-order valence-corrected chi connectivity index (χ1v) is 10.3. The minimum Gasteiger partial charge on any atom is -0.500 e. The molecular weight excluding hydrogens is 331 g/mol. The molecule has 0 saturated carbocycles. The average molecular weight is 358 g/mol. The smallest absolute Gasteiger partial charge is 0.476 e. The Morgan fingerprint density at radius 2 is 1.25 bits per heavy atom. The number of ketones is 2. The highest BCUT2D eigenvalue weighted by Crippen LogP contribution is 2.10. The third-order valence-corrected chi connectivity index (χ3v) is 5.35. The van der Waals surface area contributed by atoms with Crippen LogP contribution in [0.25, 0.3) is 0 Å². The summed E-state index contributed by atoms with van der Waals surface area (Å²) in [7, 11) is 0. The summed E-state index contributed by atoms with van der Waals surface area (Å²) in [5, 5.41) is 0.139. The van der Waals surface area contributed by atoms with E-state index in [0.717, 1.165) is 0 Å². The van der Waals surface area contributed by atoms with Crippen molar-refractivity contribution >= 4 is 38.0 Å². The quantitative estimate of drug-likeness (QED) is 0.281. The summed E-state index contributed by atoms with van der Waals surface area (Å²) in [4.78, 5) is 46.6. The lowest BCUT2D eigenvalue weighted by Gasteiger charge is -2.14. The normalized spacial score (nSPS) is 10.4. The van der Waals surface area contributed by atoms with E-state index in [-0.39, 0.29) is 54.1 Å². The lowest BCUT2D eigenvalue weighted by molar-refractivity contribution is -0.146. The van der Waals surface area contributed by atoms with E-state index >= 15 is 0 Å². The Hall–Kier alpha value is -1.23. The minimum atomic E-state index is -2.18. The van der Waals surface area contributed by atoms with Crippen LogP contribution in [0, 0.1) is 5.92 Å². The number of carbonyl (C=O) groups is 4. The second kappa shape index (κ2) is 13.1. The Morgan fingerprint density at radius 1 is 0.833 bits per heavy atom. The van der Waals surface area contributed by atoms with Crippen molar-refractivity contribution < 1.29 is 32.4 Å². The van der Waals surface area contributed by atoms with Crippen molar-refractivity contribution in [2.75, 3.05) is 19.8 Å². The Labute approximate surface area is 147 Å². The molecule has 0 radical (unpaired) electrons. The zero-order valence-electron chi connectivity index (χ0n) is 15.0. The van der Waals surface area contributed by atoms with Crippen LogP contribution in [-0.2, 0) is 32.4 Å². The first kappa shape index (κ1) is 22.8. The highest BCUT2D eigenvalue weighted by molar-refractivity contribution is 6.60. The molecule has 0 bridgehead atoms. The topological polar surface area (TPSA) is 96.0 Å². The van der Waals surface area contributed by atoms with Crippen molar-refractivity contribution in [1.29, 1.82) is 0 Å². The Morgan fingerprint density at radius 3 is 1.58 bits per heavy atom. The Bertz CT molecular complexity index is 400. The molecule has 0 fully saturated rings. The number of carbonyl (C=O) groups excluding carboxylic acids is 4. The van der Waals surface area contributed by atoms with E-state index in [1.54, 1.807) is 13.8 Å². The third-order valence-electron chi connectivity index (χ3n) is 2.87. The number of hydrogen-bond acceptors (Lipinski definition) is 7. The van der Waals surface area contributed by atoms with Crippen LogP contribution < -0.4 is 0 Å². The summed E-state index contributed by atoms with van der Waals surface area (Å²) in [6, 6.07) is 0. The predicted molar refractivity (Wildman–Crippen MR) is 88.7 cm³/mol. The minimum absolute atomic E-state index is 0.0695. The number of esters is 2. The van der Waals surface area contributed by atoms with Gasteiger partial charge in [0.05, 0.1) is 13.2 Å². The van der Waals surface area contributed by atoms with Crippen LogP contribution in [0.15, 0.2) is 0 Å². The monoisotopic (exact) mass is 358 g/mol. The standard InChI is InChI=1S/2C6H9O3.C4H9O.Al/c2*1-3-9-6(8)4-5(2)7;1-4(2)3-5;/h2*2-4H2,1H3;4H,3H2,1-2H3;/q;;-1;+1. The van der Waals surface area contributed by atoms with Crippen LogP contribution in [0.1, 0.15) is 40.5 Å². The number of hydrogen-bond donors (Lipinski definition) is 0. The maximum Gasteiger partial charge on any atom is 0.476 e. The fraction of sp³-hybridized carbons (Fsp3) is 0.750. The van der Waals surface area contributed by atoms with Gasteiger partial charge in [-0.15, -0.1) is 0 Å². The Kier molecular flexibility index (Phi) is 12.4. The van der Waals surface area contributed by atoms with Crippen molar-refractivity contribution in [3.05, 3.63) is 0 Å². The summed E-state index contributed by atoms with van der Waals surface area (Å²) in [5.74, 6) is -1.47. The van der Waals surface area contributed by atoms with E-state index in [2.05, 4.69) is 0 Å². The van der Waals surface area contributed by atoms with Crippen LogP contribution in [0.5, 0.6) is 0 Å². The molecule has 0 aliphatic carbocycles. The maximum atomic E-state index is 11.9. The van der Waals surface area contributed by atoms with Crippen molar-refractivity contribution in [2.45, 2.75) is 51.1 Å². The molecule has 136 valence electrons. The summed E-state index contributed by atoms with van der Waals surface area (Å²) in [6.07, 6.45) is -0.622. The van der Waals surface area contributed by atoms with Gasteiger partial charge in [-0.1, -0.05) is 13.8 Å². The molecule has 0 aromatic carbocycles. The van der Waals surface area contributed by atoms with Gasteiger partial charge in [0.25, 0.3) is 0 Å². The van der Waals surface area contributed by atoms with Crippen LogP contribution in [0.4, 0.5) is 0 Å². The number of ether oxygens (including phenoxy) is 2. The van der Waals surface area contributed by atoms with Gasteiger partial charge in [-0.2, -0.15) is 0 Å². The van der Waals surface area contributed by atoms with Gasteiger partial charge in [-0.05, 0) is 30.3 Å². The summed E-state index contributed by atoms with van der Waals surface area (Å²) >= 11 is -2.18. The number of Topliss-reactive ketones (excluding diaryl/α,β-unsaturated/α-hetero) is 2. The van der Waals surface area contributed by atoms with Gasteiger partial charge < -0.3 is 22.9 Å². The van der Waals surface area contributed by atoms with Crippen LogP contribution in [-0.4, -0.2) is 57.8 Å². The van der Waals surface area contributed by atoms with Crippen molar-refractivity contribution in [3.8, 4) is 0 Å². The molecule has 0 heterocycles. The summed E-state index contributed by atoms with van der Waals surface area (Å²) < 4.78 is 15.2. The van der Waals surface area contributed by atoms with E-state index < -0.39 is 26.4 Å². The molecule has 0 amide bonds. The zero-order valence-corrected chi connectivity index (χ0v) is 16.1. The highest BCUT2D eigenvalue weighted by Gasteiger charge is 2.29. The third kappa shape index (κ3) is 12.2. The van der Waals surface area contributed by atoms with Crippen molar-refractivity contribution in [1.82, 2.24) is 0 Å². The second-order valence-corrected chi connectivity index (χ2v) is 8.19. The molecule has 0 aliphatic heterocycles. The van der Waals surface area contributed by atoms with Crippen LogP contribution in [0.3, 0.4) is 0 Å². The average Bonchev–Trinajstić information content (AvgIpc) is 2.44. The zero-order chi connectivity index (χ0) is 18.5. The molecule has 0 atom stereocenters. The van der Waals surface area contributed by atoms with E-state index in [0.29, 0.717) is 6.61 Å². The van der Waals surface area contributed by atoms with E-state index in [9.17, 15) is 19.2 Å². The van der Waals surface area contributed by atoms with E-state index in [1.807, 2.05) is 13.8 Å².